The average Bonchev–Trinajstić information content (AvgIpc) is 3.39. The van der Waals surface area contributed by atoms with Crippen LogP contribution in [0.1, 0.15) is 29.6 Å². The Morgan fingerprint density at radius 1 is 1.44 bits per heavy atom. The summed E-state index contributed by atoms with van der Waals surface area (Å²) in [5, 5.41) is 4.19. The van der Waals surface area contributed by atoms with Crippen LogP contribution in [0.5, 0.6) is 0 Å². The lowest BCUT2D eigenvalue weighted by Gasteiger charge is -2.32. The van der Waals surface area contributed by atoms with Gasteiger partial charge in [-0.05, 0) is 31.4 Å². The number of fused-ring (bicyclic) bond motifs is 1. The van der Waals surface area contributed by atoms with E-state index in [9.17, 15) is 4.79 Å². The maximum absolute atomic E-state index is 12.7. The summed E-state index contributed by atoms with van der Waals surface area (Å²) in [6.45, 7) is 2.76. The molecule has 0 aromatic carbocycles. The Kier molecular flexibility index (Phi) is 4.85. The van der Waals surface area contributed by atoms with Crippen molar-refractivity contribution in [2.24, 2.45) is 0 Å². The zero-order valence-corrected chi connectivity index (χ0v) is 14.1. The van der Waals surface area contributed by atoms with Crippen molar-refractivity contribution in [3.63, 3.8) is 0 Å². The highest BCUT2D eigenvalue weighted by atomic mass is 16.5. The molecule has 0 N–H and O–H groups in total. The van der Waals surface area contributed by atoms with E-state index in [1.807, 2.05) is 21.8 Å². The molecule has 4 heterocycles. The van der Waals surface area contributed by atoms with Gasteiger partial charge < -0.3 is 18.8 Å². The molecular weight excluding hydrogens is 322 g/mol. The first-order valence-corrected chi connectivity index (χ1v) is 8.87. The van der Waals surface area contributed by atoms with E-state index in [1.54, 1.807) is 12.3 Å². The van der Waals surface area contributed by atoms with Gasteiger partial charge in [-0.25, -0.2) is 0 Å². The highest BCUT2D eigenvalue weighted by molar-refractivity contribution is 5.94. The molecule has 0 aliphatic carbocycles. The largest absolute Gasteiger partial charge is 0.472 e. The second-order valence-electron chi connectivity index (χ2n) is 6.55. The number of carbonyl (C=O) groups is 1. The van der Waals surface area contributed by atoms with Crippen molar-refractivity contribution in [3.05, 3.63) is 42.6 Å². The molecule has 134 valence electrons. The van der Waals surface area contributed by atoms with Gasteiger partial charge in [0.25, 0.3) is 5.91 Å². The van der Waals surface area contributed by atoms with Crippen LogP contribution in [0.25, 0.3) is 0 Å². The molecule has 0 spiro atoms. The van der Waals surface area contributed by atoms with E-state index in [1.165, 1.54) is 12.5 Å². The molecule has 1 amide bonds. The number of nitrogens with zero attached hydrogens (tertiary/aromatic N) is 3. The lowest BCUT2D eigenvalue weighted by atomic mass is 10.0. The smallest absolute Gasteiger partial charge is 0.257 e. The first kappa shape index (κ1) is 16.4. The fourth-order valence-electron chi connectivity index (χ4n) is 3.74. The van der Waals surface area contributed by atoms with Crippen LogP contribution in [0.2, 0.25) is 0 Å². The molecule has 7 nitrogen and oxygen atoms in total. The van der Waals surface area contributed by atoms with Crippen LogP contribution in [-0.2, 0) is 16.0 Å². The minimum absolute atomic E-state index is 0.00288. The van der Waals surface area contributed by atoms with Crippen molar-refractivity contribution in [2.45, 2.75) is 44.1 Å². The molecule has 0 saturated carbocycles. The van der Waals surface area contributed by atoms with E-state index in [0.29, 0.717) is 18.7 Å². The van der Waals surface area contributed by atoms with Crippen LogP contribution in [0.4, 0.5) is 0 Å². The van der Waals surface area contributed by atoms with Gasteiger partial charge in [0.05, 0.1) is 24.4 Å². The highest BCUT2D eigenvalue weighted by Crippen LogP contribution is 2.32. The monoisotopic (exact) mass is 345 g/mol. The summed E-state index contributed by atoms with van der Waals surface area (Å²) in [5.41, 5.74) is 0.587. The third-order valence-corrected chi connectivity index (χ3v) is 4.93. The van der Waals surface area contributed by atoms with Gasteiger partial charge in [0, 0.05) is 32.2 Å². The maximum atomic E-state index is 12.7. The molecule has 2 fully saturated rings. The normalized spacial score (nSPS) is 25.9. The van der Waals surface area contributed by atoms with Crippen LogP contribution >= 0.6 is 0 Å². The van der Waals surface area contributed by atoms with Crippen LogP contribution in [0.3, 0.4) is 0 Å². The Hall–Kier alpha value is -2.12. The number of amides is 1. The van der Waals surface area contributed by atoms with Crippen LogP contribution < -0.4 is 0 Å². The van der Waals surface area contributed by atoms with Crippen molar-refractivity contribution in [1.29, 1.82) is 0 Å². The third kappa shape index (κ3) is 3.48. The van der Waals surface area contributed by atoms with E-state index < -0.39 is 0 Å². The minimum atomic E-state index is -0.0706. The van der Waals surface area contributed by atoms with Crippen molar-refractivity contribution >= 4 is 5.91 Å². The Bertz CT molecular complexity index is 671. The number of carbonyl (C=O) groups excluding carboxylic acids is 1. The summed E-state index contributed by atoms with van der Waals surface area (Å²) < 4.78 is 19.0. The molecule has 0 bridgehead atoms. The molecule has 2 aliphatic rings. The minimum Gasteiger partial charge on any atom is -0.472 e. The zero-order chi connectivity index (χ0) is 17.1. The van der Waals surface area contributed by atoms with Gasteiger partial charge in [-0.3, -0.25) is 9.48 Å². The Balaban J connectivity index is 1.36. The summed E-state index contributed by atoms with van der Waals surface area (Å²) in [6, 6.07) is 3.71. The summed E-state index contributed by atoms with van der Waals surface area (Å²) in [5.74, 6) is -0.00288. The molecule has 2 aromatic heterocycles. The number of likely N-dealkylation sites (tertiary alicyclic amines) is 1. The number of rotatable bonds is 6. The Labute approximate surface area is 146 Å². The summed E-state index contributed by atoms with van der Waals surface area (Å²) in [7, 11) is 0. The molecule has 0 radical (unpaired) electrons. The fourth-order valence-corrected chi connectivity index (χ4v) is 3.74. The van der Waals surface area contributed by atoms with Crippen LogP contribution in [-0.4, -0.2) is 58.6 Å². The summed E-state index contributed by atoms with van der Waals surface area (Å²) >= 11 is 0. The number of aromatic nitrogens is 2. The highest BCUT2D eigenvalue weighted by Gasteiger charge is 2.46. The van der Waals surface area contributed by atoms with Crippen molar-refractivity contribution in [3.8, 4) is 0 Å². The van der Waals surface area contributed by atoms with E-state index in [-0.39, 0.29) is 24.2 Å². The number of aryl methyl sites for hydroxylation is 1. The zero-order valence-electron chi connectivity index (χ0n) is 14.1. The topological polar surface area (TPSA) is 69.7 Å². The van der Waals surface area contributed by atoms with Gasteiger partial charge in [-0.2, -0.15) is 5.10 Å². The summed E-state index contributed by atoms with van der Waals surface area (Å²) in [4.78, 5) is 14.6. The van der Waals surface area contributed by atoms with Gasteiger partial charge in [0.1, 0.15) is 18.5 Å². The second kappa shape index (κ2) is 7.41. The van der Waals surface area contributed by atoms with Gasteiger partial charge in [-0.15, -0.1) is 0 Å². The maximum Gasteiger partial charge on any atom is 0.257 e. The second-order valence-corrected chi connectivity index (χ2v) is 6.55. The first-order valence-electron chi connectivity index (χ1n) is 8.87. The molecule has 25 heavy (non-hydrogen) atoms. The van der Waals surface area contributed by atoms with Crippen LogP contribution in [0.15, 0.2) is 41.5 Å². The SMILES string of the molecule is O=C(c1ccoc1)N1C[C@@H](OCCCn2cccn2)[C@@H]2OCCC[C@@H]21. The molecule has 7 heteroatoms. The number of hydrogen-bond acceptors (Lipinski definition) is 5. The molecule has 3 atom stereocenters. The molecule has 2 aliphatic heterocycles. The molecule has 4 rings (SSSR count). The fraction of sp³-hybridized carbons (Fsp3) is 0.556. The van der Waals surface area contributed by atoms with Gasteiger partial charge in [-0.1, -0.05) is 0 Å². The Morgan fingerprint density at radius 3 is 3.20 bits per heavy atom. The van der Waals surface area contributed by atoms with Gasteiger partial charge in [0.2, 0.25) is 0 Å². The number of hydrogen-bond donors (Lipinski definition) is 0. The van der Waals surface area contributed by atoms with Crippen molar-refractivity contribution in [1.82, 2.24) is 14.7 Å². The molecular formula is C18H23N3O4. The number of ether oxygens (including phenoxy) is 2. The first-order chi connectivity index (χ1) is 12.3. The average molecular weight is 345 g/mol. The quantitative estimate of drug-likeness (QED) is 0.749. The van der Waals surface area contributed by atoms with E-state index >= 15 is 0 Å². The lowest BCUT2D eigenvalue weighted by molar-refractivity contribution is -0.0769. The molecule has 2 saturated heterocycles. The van der Waals surface area contributed by atoms with Crippen molar-refractivity contribution < 1.29 is 18.7 Å². The van der Waals surface area contributed by atoms with Gasteiger partial charge >= 0.3 is 0 Å². The van der Waals surface area contributed by atoms with E-state index in [4.69, 9.17) is 13.9 Å². The predicted molar refractivity (Wildman–Crippen MR) is 89.1 cm³/mol. The standard InChI is InChI=1S/C18H23N3O4/c22-18(14-5-11-23-13-14)21-12-16(17-15(21)4-1-9-25-17)24-10-3-8-20-7-2-6-19-20/h2,5-7,11,13,15-17H,1,3-4,8-10,12H2/t15-,16+,17+/m0/s1. The molecule has 0 unspecified atom stereocenters. The lowest BCUT2D eigenvalue weighted by Crippen LogP contribution is -2.43. The molecule has 2 aromatic rings. The van der Waals surface area contributed by atoms with Crippen LogP contribution in [0, 0.1) is 0 Å². The number of furan rings is 1. The predicted octanol–water partition coefficient (Wildman–Crippen LogP) is 1.95. The van der Waals surface area contributed by atoms with Gasteiger partial charge in [0.15, 0.2) is 0 Å². The Morgan fingerprint density at radius 2 is 2.40 bits per heavy atom. The van der Waals surface area contributed by atoms with E-state index in [0.717, 1.165) is 32.4 Å². The van der Waals surface area contributed by atoms with E-state index in [2.05, 4.69) is 5.10 Å². The van der Waals surface area contributed by atoms with Crippen molar-refractivity contribution in [2.75, 3.05) is 19.8 Å². The summed E-state index contributed by atoms with van der Waals surface area (Å²) in [6.07, 6.45) is 9.46. The third-order valence-electron chi connectivity index (χ3n) is 4.93.